The zero-order valence-corrected chi connectivity index (χ0v) is 13.7. The number of nitrogens with zero attached hydrogens (tertiary/aromatic N) is 2. The van der Waals surface area contributed by atoms with Crippen LogP contribution in [0, 0.1) is 5.92 Å². The van der Waals surface area contributed by atoms with Crippen molar-refractivity contribution in [3.05, 3.63) is 30.1 Å². The molecule has 0 aliphatic carbocycles. The summed E-state index contributed by atoms with van der Waals surface area (Å²) in [5.74, 6) is 0.182. The molecule has 2 rings (SSSR count). The van der Waals surface area contributed by atoms with Crippen LogP contribution in [0.15, 0.2) is 24.3 Å². The highest BCUT2D eigenvalue weighted by Crippen LogP contribution is 2.13. The van der Waals surface area contributed by atoms with Crippen LogP contribution in [-0.4, -0.2) is 34.0 Å². The second-order valence-corrected chi connectivity index (χ2v) is 5.84. The van der Waals surface area contributed by atoms with Gasteiger partial charge in [0.1, 0.15) is 5.82 Å². The van der Waals surface area contributed by atoms with Crippen molar-refractivity contribution in [2.45, 2.75) is 26.4 Å². The lowest BCUT2D eigenvalue weighted by atomic mass is 10.1. The number of carbonyl (C=O) groups is 2. The molecule has 1 heterocycles. The van der Waals surface area contributed by atoms with Crippen molar-refractivity contribution in [2.75, 3.05) is 6.54 Å². The number of hydrogen-bond donors (Lipinski definition) is 3. The molecule has 1 aromatic heterocycles. The fourth-order valence-corrected chi connectivity index (χ4v) is 2.18. The minimum atomic E-state index is -0.609. The first-order valence-corrected chi connectivity index (χ1v) is 7.60. The summed E-state index contributed by atoms with van der Waals surface area (Å²) < 4.78 is 1.93. The Morgan fingerprint density at radius 3 is 2.61 bits per heavy atom. The van der Waals surface area contributed by atoms with E-state index in [9.17, 15) is 9.59 Å². The van der Waals surface area contributed by atoms with E-state index in [1.54, 1.807) is 0 Å². The van der Waals surface area contributed by atoms with Gasteiger partial charge in [0.25, 0.3) is 0 Å². The molecule has 0 unspecified atom stereocenters. The largest absolute Gasteiger partial charge is 0.347 e. The van der Waals surface area contributed by atoms with Crippen LogP contribution in [0.5, 0.6) is 0 Å². The molecule has 2 amide bonds. The van der Waals surface area contributed by atoms with Crippen LogP contribution in [0.2, 0.25) is 0 Å². The Morgan fingerprint density at radius 2 is 1.96 bits per heavy atom. The van der Waals surface area contributed by atoms with Crippen molar-refractivity contribution >= 4 is 22.8 Å². The quantitative estimate of drug-likeness (QED) is 0.712. The average Bonchev–Trinajstić information content (AvgIpc) is 2.86. The fourth-order valence-electron chi connectivity index (χ4n) is 2.18. The highest BCUT2D eigenvalue weighted by Gasteiger charge is 2.17. The first-order chi connectivity index (χ1) is 10.9. The van der Waals surface area contributed by atoms with Gasteiger partial charge in [-0.3, -0.25) is 9.59 Å². The molecule has 0 bridgehead atoms. The van der Waals surface area contributed by atoms with Gasteiger partial charge >= 0.3 is 0 Å². The SMILES string of the molecule is CC(C)[C@H](N)C(=O)NCC(=O)NCc1nc2ccccc2n1C. The van der Waals surface area contributed by atoms with Crippen molar-refractivity contribution in [3.8, 4) is 0 Å². The lowest BCUT2D eigenvalue weighted by molar-refractivity contribution is -0.127. The van der Waals surface area contributed by atoms with Gasteiger partial charge in [-0.1, -0.05) is 26.0 Å². The van der Waals surface area contributed by atoms with Crippen LogP contribution in [0.1, 0.15) is 19.7 Å². The number of aromatic nitrogens is 2. The lowest BCUT2D eigenvalue weighted by Crippen LogP contribution is -2.47. The zero-order valence-electron chi connectivity index (χ0n) is 13.7. The predicted molar refractivity (Wildman–Crippen MR) is 88.4 cm³/mol. The van der Waals surface area contributed by atoms with Crippen LogP contribution in [0.4, 0.5) is 0 Å². The topological polar surface area (TPSA) is 102 Å². The van der Waals surface area contributed by atoms with E-state index in [0.29, 0.717) is 6.54 Å². The van der Waals surface area contributed by atoms with Crippen molar-refractivity contribution in [3.63, 3.8) is 0 Å². The van der Waals surface area contributed by atoms with E-state index in [2.05, 4.69) is 15.6 Å². The van der Waals surface area contributed by atoms with Crippen molar-refractivity contribution < 1.29 is 9.59 Å². The molecule has 0 aliphatic heterocycles. The number of carbonyl (C=O) groups excluding carboxylic acids is 2. The number of benzene rings is 1. The van der Waals surface area contributed by atoms with Gasteiger partial charge < -0.3 is 20.9 Å². The summed E-state index contributed by atoms with van der Waals surface area (Å²) in [5, 5.41) is 5.28. The summed E-state index contributed by atoms with van der Waals surface area (Å²) in [7, 11) is 1.90. The highest BCUT2D eigenvalue weighted by atomic mass is 16.2. The van der Waals surface area contributed by atoms with Gasteiger partial charge in [0, 0.05) is 7.05 Å². The second-order valence-electron chi connectivity index (χ2n) is 5.84. The Morgan fingerprint density at radius 1 is 1.26 bits per heavy atom. The Hall–Kier alpha value is -2.41. The lowest BCUT2D eigenvalue weighted by Gasteiger charge is -2.15. The normalized spacial score (nSPS) is 12.4. The van der Waals surface area contributed by atoms with E-state index < -0.39 is 6.04 Å². The molecule has 0 aliphatic rings. The van der Waals surface area contributed by atoms with Gasteiger partial charge in [0.05, 0.1) is 30.2 Å². The van der Waals surface area contributed by atoms with Crippen LogP contribution in [0.3, 0.4) is 0 Å². The van der Waals surface area contributed by atoms with Crippen molar-refractivity contribution in [1.82, 2.24) is 20.2 Å². The minimum absolute atomic E-state index is 0.0260. The Labute approximate surface area is 135 Å². The first kappa shape index (κ1) is 17.0. The number of fused-ring (bicyclic) bond motifs is 1. The van der Waals surface area contributed by atoms with Gasteiger partial charge in [-0.2, -0.15) is 0 Å². The molecule has 0 fully saturated rings. The minimum Gasteiger partial charge on any atom is -0.347 e. The second kappa shape index (κ2) is 7.23. The van der Waals surface area contributed by atoms with E-state index in [4.69, 9.17) is 5.73 Å². The molecule has 7 nitrogen and oxygen atoms in total. The molecule has 0 radical (unpaired) electrons. The first-order valence-electron chi connectivity index (χ1n) is 7.60. The maximum Gasteiger partial charge on any atom is 0.239 e. The van der Waals surface area contributed by atoms with Crippen LogP contribution in [0.25, 0.3) is 11.0 Å². The van der Waals surface area contributed by atoms with Gasteiger partial charge in [-0.05, 0) is 18.1 Å². The average molecular weight is 317 g/mol. The fraction of sp³-hybridized carbons (Fsp3) is 0.438. The Bertz CT molecular complexity index is 708. The molecule has 4 N–H and O–H groups in total. The summed E-state index contributed by atoms with van der Waals surface area (Å²) in [4.78, 5) is 28.0. The molecule has 0 spiro atoms. The molecule has 124 valence electrons. The number of rotatable bonds is 6. The zero-order chi connectivity index (χ0) is 17.0. The Balaban J connectivity index is 1.86. The van der Waals surface area contributed by atoms with E-state index in [-0.39, 0.29) is 24.3 Å². The molecule has 1 aromatic carbocycles. The van der Waals surface area contributed by atoms with Gasteiger partial charge in [0.2, 0.25) is 11.8 Å². The third-order valence-corrected chi connectivity index (χ3v) is 3.77. The summed E-state index contributed by atoms with van der Waals surface area (Å²) >= 11 is 0. The molecule has 23 heavy (non-hydrogen) atoms. The summed E-state index contributed by atoms with van der Waals surface area (Å²) in [6.45, 7) is 3.92. The number of para-hydroxylation sites is 2. The van der Waals surface area contributed by atoms with E-state index >= 15 is 0 Å². The maximum absolute atomic E-state index is 11.8. The number of hydrogen-bond acceptors (Lipinski definition) is 4. The molecular formula is C16H23N5O2. The summed E-state index contributed by atoms with van der Waals surface area (Å²) in [5.41, 5.74) is 7.61. The van der Waals surface area contributed by atoms with E-state index in [1.807, 2.05) is 49.7 Å². The highest BCUT2D eigenvalue weighted by molar-refractivity contribution is 5.87. The third-order valence-electron chi connectivity index (χ3n) is 3.77. The number of nitrogens with two attached hydrogens (primary N) is 1. The molecule has 1 atom stereocenters. The molecule has 0 saturated carbocycles. The number of aryl methyl sites for hydroxylation is 1. The van der Waals surface area contributed by atoms with E-state index in [0.717, 1.165) is 16.9 Å². The smallest absolute Gasteiger partial charge is 0.239 e. The summed E-state index contributed by atoms with van der Waals surface area (Å²) in [6.07, 6.45) is 0. The van der Waals surface area contributed by atoms with Crippen LogP contribution >= 0.6 is 0 Å². The van der Waals surface area contributed by atoms with Crippen molar-refractivity contribution in [2.24, 2.45) is 18.7 Å². The molecule has 0 saturated heterocycles. The standard InChI is InChI=1S/C16H23N5O2/c1-10(2)15(17)16(23)19-9-14(22)18-8-13-20-11-6-4-5-7-12(11)21(13)3/h4-7,10,15H,8-9,17H2,1-3H3,(H,18,22)(H,19,23)/t15-/m0/s1. The van der Waals surface area contributed by atoms with E-state index in [1.165, 1.54) is 0 Å². The number of amides is 2. The molecular weight excluding hydrogens is 294 g/mol. The number of imidazole rings is 1. The van der Waals surface area contributed by atoms with Crippen LogP contribution < -0.4 is 16.4 Å². The third kappa shape index (κ3) is 4.07. The maximum atomic E-state index is 11.8. The monoisotopic (exact) mass is 317 g/mol. The van der Waals surface area contributed by atoms with Gasteiger partial charge in [-0.15, -0.1) is 0 Å². The Kier molecular flexibility index (Phi) is 5.33. The molecule has 7 heteroatoms. The van der Waals surface area contributed by atoms with Crippen molar-refractivity contribution in [1.29, 1.82) is 0 Å². The van der Waals surface area contributed by atoms with Gasteiger partial charge in [-0.25, -0.2) is 4.98 Å². The number of nitrogens with one attached hydrogen (secondary N) is 2. The van der Waals surface area contributed by atoms with Crippen LogP contribution in [-0.2, 0) is 23.2 Å². The van der Waals surface area contributed by atoms with Gasteiger partial charge in [0.15, 0.2) is 0 Å². The summed E-state index contributed by atoms with van der Waals surface area (Å²) in [6, 6.07) is 7.16. The predicted octanol–water partition coefficient (Wildman–Crippen LogP) is 0.289. The molecule has 2 aromatic rings.